The van der Waals surface area contributed by atoms with E-state index in [0.717, 1.165) is 11.1 Å². The third-order valence-electron chi connectivity index (χ3n) is 5.05. The highest BCUT2D eigenvalue weighted by molar-refractivity contribution is 5.68. The fourth-order valence-electron chi connectivity index (χ4n) is 3.57. The van der Waals surface area contributed by atoms with E-state index < -0.39 is 18.7 Å². The van der Waals surface area contributed by atoms with E-state index in [9.17, 15) is 18.0 Å². The fraction of sp³-hybridized carbons (Fsp3) is 0.409. The molecule has 1 aliphatic heterocycles. The number of hydrogen-bond acceptors (Lipinski definition) is 4. The Hall–Kier alpha value is -2.74. The highest BCUT2D eigenvalue weighted by Crippen LogP contribution is 2.30. The molecule has 0 radical (unpaired) electrons. The molecule has 0 aromatic heterocycles. The number of carbonyl (C=O) groups excluding carboxylic acids is 1. The molecule has 2 aromatic carbocycles. The first-order valence-corrected chi connectivity index (χ1v) is 9.95. The maximum absolute atomic E-state index is 13.1. The minimum atomic E-state index is -4.29. The Labute approximate surface area is 174 Å². The number of halogens is 3. The zero-order valence-electron chi connectivity index (χ0n) is 16.7. The van der Waals surface area contributed by atoms with Crippen LogP contribution < -0.4 is 10.6 Å². The standard InChI is InChI=1S/C22H26F3N3O2/c23-22(24,25)15-19-14-17(8-9-26)6-7-20(19)27-10-12-28(13-11-27)21(29)30-16-18-4-2-1-3-5-18/h1-7,14H,8-13,15-16,26H2. The molecule has 2 aromatic rings. The molecule has 5 nitrogen and oxygen atoms in total. The predicted octanol–water partition coefficient (Wildman–Crippen LogP) is 3.75. The normalized spacial score (nSPS) is 14.7. The molecule has 0 atom stereocenters. The smallest absolute Gasteiger partial charge is 0.410 e. The Morgan fingerprint density at radius 3 is 2.33 bits per heavy atom. The zero-order chi connectivity index (χ0) is 21.6. The summed E-state index contributed by atoms with van der Waals surface area (Å²) in [5.74, 6) is 0. The van der Waals surface area contributed by atoms with Gasteiger partial charge in [0, 0.05) is 31.9 Å². The second kappa shape index (κ2) is 9.84. The Morgan fingerprint density at radius 2 is 1.70 bits per heavy atom. The van der Waals surface area contributed by atoms with E-state index in [1.165, 1.54) is 0 Å². The molecule has 1 heterocycles. The molecule has 3 rings (SSSR count). The molecular formula is C22H26F3N3O2. The van der Waals surface area contributed by atoms with Crippen LogP contribution in [0.4, 0.5) is 23.7 Å². The summed E-state index contributed by atoms with van der Waals surface area (Å²) in [4.78, 5) is 15.8. The van der Waals surface area contributed by atoms with Gasteiger partial charge in [-0.3, -0.25) is 0 Å². The number of carbonyl (C=O) groups is 1. The number of piperazine rings is 1. The number of amides is 1. The molecule has 1 amide bonds. The summed E-state index contributed by atoms with van der Waals surface area (Å²) >= 11 is 0. The summed E-state index contributed by atoms with van der Waals surface area (Å²) in [7, 11) is 0. The van der Waals surface area contributed by atoms with Crippen molar-refractivity contribution in [3.63, 3.8) is 0 Å². The lowest BCUT2D eigenvalue weighted by molar-refractivity contribution is -0.127. The first-order valence-electron chi connectivity index (χ1n) is 9.95. The second-order valence-corrected chi connectivity index (χ2v) is 7.31. The number of benzene rings is 2. The van der Waals surface area contributed by atoms with Gasteiger partial charge in [-0.25, -0.2) is 4.79 Å². The van der Waals surface area contributed by atoms with E-state index in [0.29, 0.717) is 44.8 Å². The lowest BCUT2D eigenvalue weighted by Gasteiger charge is -2.36. The van der Waals surface area contributed by atoms with Crippen LogP contribution >= 0.6 is 0 Å². The van der Waals surface area contributed by atoms with Crippen LogP contribution in [-0.4, -0.2) is 49.9 Å². The molecule has 1 aliphatic rings. The Bertz CT molecular complexity index is 835. The van der Waals surface area contributed by atoms with E-state index in [4.69, 9.17) is 10.5 Å². The minimum Gasteiger partial charge on any atom is -0.445 e. The van der Waals surface area contributed by atoms with Crippen molar-refractivity contribution in [1.82, 2.24) is 4.90 Å². The molecule has 162 valence electrons. The van der Waals surface area contributed by atoms with Crippen molar-refractivity contribution in [2.45, 2.75) is 25.6 Å². The van der Waals surface area contributed by atoms with Crippen LogP contribution in [0.3, 0.4) is 0 Å². The Balaban J connectivity index is 1.61. The van der Waals surface area contributed by atoms with Crippen molar-refractivity contribution >= 4 is 11.8 Å². The number of hydrogen-bond donors (Lipinski definition) is 1. The molecule has 0 unspecified atom stereocenters. The molecule has 8 heteroatoms. The highest BCUT2D eigenvalue weighted by Gasteiger charge is 2.31. The molecule has 0 spiro atoms. The van der Waals surface area contributed by atoms with Gasteiger partial charge in [0.25, 0.3) is 0 Å². The van der Waals surface area contributed by atoms with E-state index in [-0.39, 0.29) is 12.2 Å². The molecule has 0 aliphatic carbocycles. The molecule has 1 saturated heterocycles. The van der Waals surface area contributed by atoms with Gasteiger partial charge in [0.05, 0.1) is 6.42 Å². The monoisotopic (exact) mass is 421 g/mol. The van der Waals surface area contributed by atoms with Crippen LogP contribution in [0.2, 0.25) is 0 Å². The van der Waals surface area contributed by atoms with Crippen LogP contribution in [0, 0.1) is 0 Å². The van der Waals surface area contributed by atoms with Crippen LogP contribution in [0.25, 0.3) is 0 Å². The number of nitrogens with two attached hydrogens (primary N) is 1. The van der Waals surface area contributed by atoms with Crippen molar-refractivity contribution in [3.05, 3.63) is 65.2 Å². The van der Waals surface area contributed by atoms with E-state index in [1.807, 2.05) is 41.3 Å². The lowest BCUT2D eigenvalue weighted by atomic mass is 10.0. The van der Waals surface area contributed by atoms with E-state index in [2.05, 4.69) is 0 Å². The highest BCUT2D eigenvalue weighted by atomic mass is 19.4. The molecule has 30 heavy (non-hydrogen) atoms. The predicted molar refractivity (Wildman–Crippen MR) is 109 cm³/mol. The van der Waals surface area contributed by atoms with Crippen molar-refractivity contribution in [1.29, 1.82) is 0 Å². The van der Waals surface area contributed by atoms with Gasteiger partial charge in [0.15, 0.2) is 0 Å². The molecule has 0 saturated carbocycles. The Kier molecular flexibility index (Phi) is 7.20. The number of anilines is 1. The van der Waals surface area contributed by atoms with Gasteiger partial charge in [-0.15, -0.1) is 0 Å². The van der Waals surface area contributed by atoms with Crippen molar-refractivity contribution in [3.8, 4) is 0 Å². The molecule has 1 fully saturated rings. The fourth-order valence-corrected chi connectivity index (χ4v) is 3.57. The first-order chi connectivity index (χ1) is 14.4. The largest absolute Gasteiger partial charge is 0.445 e. The zero-order valence-corrected chi connectivity index (χ0v) is 16.7. The summed E-state index contributed by atoms with van der Waals surface area (Å²) < 4.78 is 44.6. The third kappa shape index (κ3) is 6.13. The summed E-state index contributed by atoms with van der Waals surface area (Å²) in [5, 5.41) is 0. The summed E-state index contributed by atoms with van der Waals surface area (Å²) in [5.41, 5.74) is 8.04. The molecular weight excluding hydrogens is 395 g/mol. The number of nitrogens with zero attached hydrogens (tertiary/aromatic N) is 2. The van der Waals surface area contributed by atoms with Crippen LogP contribution in [-0.2, 0) is 24.2 Å². The third-order valence-corrected chi connectivity index (χ3v) is 5.05. The van der Waals surface area contributed by atoms with E-state index in [1.54, 1.807) is 17.0 Å². The maximum Gasteiger partial charge on any atom is 0.410 e. The molecule has 2 N–H and O–H groups in total. The number of alkyl halides is 3. The quantitative estimate of drug-likeness (QED) is 0.772. The van der Waals surface area contributed by atoms with Crippen LogP contribution in [0.1, 0.15) is 16.7 Å². The Morgan fingerprint density at radius 1 is 1.00 bits per heavy atom. The van der Waals surface area contributed by atoms with Crippen molar-refractivity contribution in [2.24, 2.45) is 5.73 Å². The minimum absolute atomic E-state index is 0.193. The summed E-state index contributed by atoms with van der Waals surface area (Å²) in [6, 6.07) is 14.5. The van der Waals surface area contributed by atoms with Crippen molar-refractivity contribution in [2.75, 3.05) is 37.6 Å². The van der Waals surface area contributed by atoms with Crippen LogP contribution in [0.5, 0.6) is 0 Å². The second-order valence-electron chi connectivity index (χ2n) is 7.31. The van der Waals surface area contributed by atoms with Gasteiger partial charge in [-0.2, -0.15) is 13.2 Å². The molecule has 0 bridgehead atoms. The van der Waals surface area contributed by atoms with Gasteiger partial charge in [-0.05, 0) is 35.7 Å². The van der Waals surface area contributed by atoms with Crippen LogP contribution in [0.15, 0.2) is 48.5 Å². The first kappa shape index (κ1) is 22.0. The number of ether oxygens (including phenoxy) is 1. The van der Waals surface area contributed by atoms with E-state index >= 15 is 0 Å². The topological polar surface area (TPSA) is 58.8 Å². The lowest BCUT2D eigenvalue weighted by Crippen LogP contribution is -2.49. The average molecular weight is 421 g/mol. The van der Waals surface area contributed by atoms with Gasteiger partial charge < -0.3 is 20.3 Å². The summed E-state index contributed by atoms with van der Waals surface area (Å²) in [6.45, 7) is 2.25. The average Bonchev–Trinajstić information content (AvgIpc) is 2.72. The maximum atomic E-state index is 13.1. The van der Waals surface area contributed by atoms with Gasteiger partial charge in [-0.1, -0.05) is 42.5 Å². The summed E-state index contributed by atoms with van der Waals surface area (Å²) in [6.07, 6.45) is -5.15. The SMILES string of the molecule is NCCc1ccc(N2CCN(C(=O)OCc3ccccc3)CC2)c(CC(F)(F)F)c1. The van der Waals surface area contributed by atoms with Crippen molar-refractivity contribution < 1.29 is 22.7 Å². The van der Waals surface area contributed by atoms with Gasteiger partial charge in [0.1, 0.15) is 6.61 Å². The van der Waals surface area contributed by atoms with Gasteiger partial charge in [0.2, 0.25) is 0 Å². The van der Waals surface area contributed by atoms with Gasteiger partial charge >= 0.3 is 12.3 Å². The number of rotatable bonds is 6.